The van der Waals surface area contributed by atoms with Gasteiger partial charge in [-0.05, 0) is 77.6 Å². The fraction of sp³-hybridized carbons (Fsp3) is 1.00. The molecule has 0 aromatic rings. The average molecular weight is 463 g/mol. The molecular weight excluding hydrogens is 407 g/mol. The molecule has 0 aromatic carbocycles. The Morgan fingerprint density at radius 3 is 1.31 bits per heavy atom. The SMILES string of the molecule is CCCC[N+](CC)(CCCC)CCC[Si](C)(C)O[Si](C)(C)O[Si](C)(C)CCCC. The van der Waals surface area contributed by atoms with Gasteiger partial charge in [-0.15, -0.1) is 0 Å². The van der Waals surface area contributed by atoms with Crippen LogP contribution in [-0.4, -0.2) is 55.9 Å². The van der Waals surface area contributed by atoms with Gasteiger partial charge in [-0.25, -0.2) is 0 Å². The summed E-state index contributed by atoms with van der Waals surface area (Å²) >= 11 is 0. The molecule has 0 amide bonds. The van der Waals surface area contributed by atoms with Crippen LogP contribution in [0.2, 0.25) is 51.4 Å². The Bertz CT molecular complexity index is 420. The van der Waals surface area contributed by atoms with Crippen molar-refractivity contribution in [3.8, 4) is 0 Å². The van der Waals surface area contributed by atoms with Crippen molar-refractivity contribution >= 4 is 25.2 Å². The summed E-state index contributed by atoms with van der Waals surface area (Å²) in [6.07, 6.45) is 9.20. The first-order valence-electron chi connectivity index (χ1n) is 12.6. The number of rotatable bonds is 18. The van der Waals surface area contributed by atoms with Crippen LogP contribution in [0.5, 0.6) is 0 Å². The lowest BCUT2D eigenvalue weighted by Gasteiger charge is -2.40. The first-order chi connectivity index (χ1) is 13.4. The van der Waals surface area contributed by atoms with E-state index in [0.717, 1.165) is 0 Å². The smallest absolute Gasteiger partial charge is 0.311 e. The second kappa shape index (κ2) is 13.8. The van der Waals surface area contributed by atoms with Crippen LogP contribution in [0.25, 0.3) is 0 Å². The van der Waals surface area contributed by atoms with Crippen LogP contribution in [0.15, 0.2) is 0 Å². The summed E-state index contributed by atoms with van der Waals surface area (Å²) in [6.45, 7) is 28.8. The van der Waals surface area contributed by atoms with Crippen LogP contribution in [-0.2, 0) is 8.23 Å². The highest BCUT2D eigenvalue weighted by molar-refractivity contribution is 6.87. The molecule has 29 heavy (non-hydrogen) atoms. The van der Waals surface area contributed by atoms with Crippen LogP contribution < -0.4 is 0 Å². The van der Waals surface area contributed by atoms with E-state index >= 15 is 0 Å². The highest BCUT2D eigenvalue weighted by Gasteiger charge is 2.39. The van der Waals surface area contributed by atoms with Gasteiger partial charge in [-0.3, -0.25) is 0 Å². The van der Waals surface area contributed by atoms with Gasteiger partial charge in [0.1, 0.15) is 0 Å². The maximum atomic E-state index is 6.84. The normalized spacial score (nSPS) is 13.9. The van der Waals surface area contributed by atoms with Crippen molar-refractivity contribution in [3.63, 3.8) is 0 Å². The zero-order valence-corrected chi connectivity index (χ0v) is 25.0. The minimum atomic E-state index is -2.05. The minimum absolute atomic E-state index is 1.26. The molecule has 0 fully saturated rings. The summed E-state index contributed by atoms with van der Waals surface area (Å²) in [5.74, 6) is 0. The van der Waals surface area contributed by atoms with E-state index in [4.69, 9.17) is 8.23 Å². The third-order valence-corrected chi connectivity index (χ3v) is 17.7. The van der Waals surface area contributed by atoms with Crippen molar-refractivity contribution in [2.75, 3.05) is 26.2 Å². The molecule has 0 rings (SSSR count). The van der Waals surface area contributed by atoms with Gasteiger partial charge in [-0.2, -0.15) is 0 Å². The van der Waals surface area contributed by atoms with Gasteiger partial charge in [0, 0.05) is 0 Å². The molecule has 0 bridgehead atoms. The number of nitrogens with zero attached hydrogens (tertiary/aromatic N) is 1. The van der Waals surface area contributed by atoms with Crippen molar-refractivity contribution in [2.24, 2.45) is 0 Å². The topological polar surface area (TPSA) is 18.5 Å². The van der Waals surface area contributed by atoms with E-state index < -0.39 is 25.2 Å². The molecule has 3 nitrogen and oxygen atoms in total. The van der Waals surface area contributed by atoms with Crippen LogP contribution in [0.4, 0.5) is 0 Å². The molecule has 0 aromatic heterocycles. The summed E-state index contributed by atoms with van der Waals surface area (Å²) in [5.41, 5.74) is 0. The standard InChI is InChI=1S/C23H56NO2Si3/c1-11-15-19-24(14-4,20-16-12-2)21-18-23-28(7,8)26-29(9,10)25-27(5,6)22-17-13-3/h11-23H2,1-10H3/q+1. The minimum Gasteiger partial charge on any atom is -0.437 e. The molecule has 0 aliphatic heterocycles. The van der Waals surface area contributed by atoms with Crippen molar-refractivity contribution in [1.82, 2.24) is 0 Å². The summed E-state index contributed by atoms with van der Waals surface area (Å²) < 4.78 is 14.9. The predicted molar refractivity (Wildman–Crippen MR) is 139 cm³/mol. The van der Waals surface area contributed by atoms with Crippen molar-refractivity contribution < 1.29 is 12.7 Å². The van der Waals surface area contributed by atoms with E-state index in [9.17, 15) is 0 Å². The van der Waals surface area contributed by atoms with Crippen LogP contribution >= 0.6 is 0 Å². The molecule has 0 spiro atoms. The van der Waals surface area contributed by atoms with Crippen molar-refractivity contribution in [3.05, 3.63) is 0 Å². The number of hydrogen-bond donors (Lipinski definition) is 0. The lowest BCUT2D eigenvalue weighted by molar-refractivity contribution is -0.927. The molecule has 0 atom stereocenters. The Kier molecular flexibility index (Phi) is 14.1. The molecule has 0 N–H and O–H groups in total. The van der Waals surface area contributed by atoms with Crippen LogP contribution in [0, 0.1) is 0 Å². The second-order valence-corrected chi connectivity index (χ2v) is 23.3. The molecule has 0 aliphatic carbocycles. The third-order valence-electron chi connectivity index (χ3n) is 6.23. The zero-order valence-electron chi connectivity index (χ0n) is 22.0. The first-order valence-corrected chi connectivity index (χ1v) is 21.7. The Balaban J connectivity index is 4.81. The van der Waals surface area contributed by atoms with Gasteiger partial charge in [0.05, 0.1) is 26.2 Å². The third kappa shape index (κ3) is 13.5. The van der Waals surface area contributed by atoms with Crippen molar-refractivity contribution in [2.45, 2.75) is 124 Å². The van der Waals surface area contributed by atoms with Crippen LogP contribution in [0.3, 0.4) is 0 Å². The fourth-order valence-corrected chi connectivity index (χ4v) is 18.9. The molecule has 0 saturated carbocycles. The summed E-state index contributed by atoms with van der Waals surface area (Å²) in [6, 6.07) is 2.53. The van der Waals surface area contributed by atoms with Gasteiger partial charge < -0.3 is 12.7 Å². The Hall–Kier alpha value is 0.531. The lowest BCUT2D eigenvalue weighted by atomic mass is 10.2. The molecule has 6 heteroatoms. The summed E-state index contributed by atoms with van der Waals surface area (Å²) in [7, 11) is -5.35. The monoisotopic (exact) mass is 462 g/mol. The van der Waals surface area contributed by atoms with E-state index in [2.05, 4.69) is 67.0 Å². The second-order valence-electron chi connectivity index (χ2n) is 10.9. The fourth-order valence-electron chi connectivity index (χ4n) is 4.69. The predicted octanol–water partition coefficient (Wildman–Crippen LogP) is 7.76. The molecule has 0 aliphatic rings. The Morgan fingerprint density at radius 1 is 0.552 bits per heavy atom. The molecule has 176 valence electrons. The van der Waals surface area contributed by atoms with E-state index in [1.165, 1.54) is 87.7 Å². The quantitative estimate of drug-likeness (QED) is 0.153. The van der Waals surface area contributed by atoms with Gasteiger partial charge in [0.2, 0.25) is 0 Å². The van der Waals surface area contributed by atoms with Gasteiger partial charge in [0.15, 0.2) is 16.6 Å². The number of hydrogen-bond acceptors (Lipinski definition) is 2. The van der Waals surface area contributed by atoms with E-state index in [1.54, 1.807) is 0 Å². The molecule has 0 unspecified atom stereocenters. The lowest BCUT2D eigenvalue weighted by Crippen LogP contribution is -2.53. The van der Waals surface area contributed by atoms with Gasteiger partial charge in [0.25, 0.3) is 0 Å². The van der Waals surface area contributed by atoms with E-state index in [1.807, 2.05) is 0 Å². The maximum Gasteiger partial charge on any atom is 0.311 e. The summed E-state index contributed by atoms with van der Waals surface area (Å²) in [4.78, 5) is 0. The summed E-state index contributed by atoms with van der Waals surface area (Å²) in [5, 5.41) is 0. The van der Waals surface area contributed by atoms with Gasteiger partial charge >= 0.3 is 8.56 Å². The maximum absolute atomic E-state index is 6.84. The highest BCUT2D eigenvalue weighted by Crippen LogP contribution is 2.27. The average Bonchev–Trinajstić information content (AvgIpc) is 2.60. The number of unbranched alkanes of at least 4 members (excludes halogenated alkanes) is 3. The number of quaternary nitrogens is 1. The molecule has 0 saturated heterocycles. The largest absolute Gasteiger partial charge is 0.437 e. The Labute approximate surface area is 188 Å². The highest BCUT2D eigenvalue weighted by atomic mass is 28.5. The van der Waals surface area contributed by atoms with E-state index in [-0.39, 0.29) is 0 Å². The Morgan fingerprint density at radius 2 is 0.931 bits per heavy atom. The molecular formula is C23H56NO2Si3+. The van der Waals surface area contributed by atoms with Crippen LogP contribution in [0.1, 0.15) is 72.6 Å². The zero-order chi connectivity index (χ0) is 22.6. The van der Waals surface area contributed by atoms with Crippen molar-refractivity contribution in [1.29, 1.82) is 0 Å². The first kappa shape index (κ1) is 29.5. The molecule has 0 heterocycles. The van der Waals surface area contributed by atoms with Gasteiger partial charge in [-0.1, -0.05) is 46.5 Å². The van der Waals surface area contributed by atoms with E-state index in [0.29, 0.717) is 0 Å². The molecule has 0 radical (unpaired) electrons.